The third-order valence-electron chi connectivity index (χ3n) is 2.27. The Morgan fingerprint density at radius 2 is 2.20 bits per heavy atom. The summed E-state index contributed by atoms with van der Waals surface area (Å²) in [6.45, 7) is 1.61. The molecular formula is C10H12N2O3. The van der Waals surface area contributed by atoms with Crippen molar-refractivity contribution in [2.24, 2.45) is 0 Å². The topological polar surface area (TPSA) is 97.1 Å². The molecular weight excluding hydrogens is 196 g/mol. The Labute approximate surface area is 86.6 Å². The van der Waals surface area contributed by atoms with Crippen LogP contribution >= 0.6 is 0 Å². The molecule has 1 aromatic heterocycles. The van der Waals surface area contributed by atoms with Crippen molar-refractivity contribution in [1.82, 2.24) is 4.98 Å². The molecule has 5 heteroatoms. The summed E-state index contributed by atoms with van der Waals surface area (Å²) in [7, 11) is 0. The molecule has 0 aliphatic heterocycles. The molecule has 0 unspecified atom stereocenters. The number of aliphatic hydroxyl groups excluding tert-OH is 1. The van der Waals surface area contributed by atoms with Crippen molar-refractivity contribution in [3.05, 3.63) is 27.0 Å². The van der Waals surface area contributed by atoms with Crippen LogP contribution in [0.4, 0.5) is 0 Å². The van der Waals surface area contributed by atoms with Crippen LogP contribution < -0.4 is 5.56 Å². The molecule has 0 saturated heterocycles. The number of rotatable bonds is 3. The molecule has 3 N–H and O–H groups in total. The molecule has 0 fully saturated rings. The average molecular weight is 208 g/mol. The normalized spacial score (nSPS) is 9.93. The summed E-state index contributed by atoms with van der Waals surface area (Å²) in [6, 6.07) is 1.79. The zero-order chi connectivity index (χ0) is 11.4. The number of nitriles is 1. The van der Waals surface area contributed by atoms with Crippen LogP contribution in [-0.2, 0) is 6.42 Å². The molecule has 0 aliphatic rings. The van der Waals surface area contributed by atoms with E-state index >= 15 is 0 Å². The summed E-state index contributed by atoms with van der Waals surface area (Å²) in [5, 5.41) is 26.9. The predicted octanol–water partition coefficient (Wildman–Crippen LogP) is 0.185. The van der Waals surface area contributed by atoms with Crippen molar-refractivity contribution in [2.45, 2.75) is 19.8 Å². The van der Waals surface area contributed by atoms with Crippen LogP contribution in [0.5, 0.6) is 5.88 Å². The maximum atomic E-state index is 11.2. The van der Waals surface area contributed by atoms with E-state index in [2.05, 4.69) is 4.98 Å². The van der Waals surface area contributed by atoms with E-state index in [-0.39, 0.29) is 18.1 Å². The zero-order valence-electron chi connectivity index (χ0n) is 8.37. The van der Waals surface area contributed by atoms with Crippen LogP contribution in [0.25, 0.3) is 0 Å². The number of pyridine rings is 1. The second-order valence-corrected chi connectivity index (χ2v) is 3.22. The van der Waals surface area contributed by atoms with Gasteiger partial charge in [0.2, 0.25) is 0 Å². The smallest absolute Gasteiger partial charge is 0.268 e. The van der Waals surface area contributed by atoms with Crippen molar-refractivity contribution in [3.8, 4) is 11.9 Å². The van der Waals surface area contributed by atoms with Crippen molar-refractivity contribution >= 4 is 0 Å². The van der Waals surface area contributed by atoms with Crippen LogP contribution in [0.2, 0.25) is 0 Å². The lowest BCUT2D eigenvalue weighted by molar-refractivity contribution is 0.287. The third-order valence-corrected chi connectivity index (χ3v) is 2.27. The van der Waals surface area contributed by atoms with Gasteiger partial charge in [-0.05, 0) is 25.3 Å². The van der Waals surface area contributed by atoms with E-state index in [9.17, 15) is 9.90 Å². The number of aliphatic hydroxyl groups is 1. The molecule has 0 saturated carbocycles. The van der Waals surface area contributed by atoms with Gasteiger partial charge in [0.1, 0.15) is 11.6 Å². The summed E-state index contributed by atoms with van der Waals surface area (Å²) in [6.07, 6.45) is 0.908. The molecule has 0 aliphatic carbocycles. The van der Waals surface area contributed by atoms with E-state index in [1.165, 1.54) is 0 Å². The minimum absolute atomic E-state index is 0.000106. The maximum Gasteiger partial charge on any atom is 0.268 e. The van der Waals surface area contributed by atoms with Gasteiger partial charge in [-0.3, -0.25) is 9.78 Å². The Kier molecular flexibility index (Phi) is 3.47. The van der Waals surface area contributed by atoms with Gasteiger partial charge in [-0.1, -0.05) is 0 Å². The van der Waals surface area contributed by atoms with E-state index < -0.39 is 5.56 Å². The lowest BCUT2D eigenvalue weighted by Gasteiger charge is -2.07. The van der Waals surface area contributed by atoms with Gasteiger partial charge in [-0.15, -0.1) is 0 Å². The van der Waals surface area contributed by atoms with Crippen molar-refractivity contribution in [1.29, 1.82) is 5.26 Å². The highest BCUT2D eigenvalue weighted by Crippen LogP contribution is 2.19. The molecule has 1 aromatic rings. The molecule has 1 heterocycles. The Bertz CT molecular complexity index is 457. The van der Waals surface area contributed by atoms with Gasteiger partial charge in [0.15, 0.2) is 5.88 Å². The Morgan fingerprint density at radius 1 is 1.53 bits per heavy atom. The summed E-state index contributed by atoms with van der Waals surface area (Å²) in [5.41, 5.74) is 0.424. The van der Waals surface area contributed by atoms with Gasteiger partial charge >= 0.3 is 0 Å². The Balaban J connectivity index is 3.28. The predicted molar refractivity (Wildman–Crippen MR) is 53.6 cm³/mol. The second kappa shape index (κ2) is 4.62. The van der Waals surface area contributed by atoms with Gasteiger partial charge in [-0.2, -0.15) is 5.26 Å². The van der Waals surface area contributed by atoms with Gasteiger partial charge < -0.3 is 10.2 Å². The van der Waals surface area contributed by atoms with E-state index in [0.29, 0.717) is 24.0 Å². The average Bonchev–Trinajstić information content (AvgIpc) is 2.17. The van der Waals surface area contributed by atoms with Crippen LogP contribution in [-0.4, -0.2) is 21.8 Å². The van der Waals surface area contributed by atoms with Gasteiger partial charge in [0, 0.05) is 12.2 Å². The highest BCUT2D eigenvalue weighted by atomic mass is 16.3. The SMILES string of the molecule is Cc1c(CCCO)c(O)[nH]c(=O)c1C#N. The number of hydrogen-bond donors (Lipinski definition) is 3. The first-order valence-corrected chi connectivity index (χ1v) is 4.57. The standard InChI is InChI=1S/C10H12N2O3/c1-6-7(3-2-4-13)9(14)12-10(15)8(6)5-11/h13H,2-4H2,1H3,(H2,12,14,15). The number of aromatic hydroxyl groups is 1. The van der Waals surface area contributed by atoms with E-state index in [1.807, 2.05) is 0 Å². The van der Waals surface area contributed by atoms with Crippen molar-refractivity contribution < 1.29 is 10.2 Å². The number of nitrogens with zero attached hydrogens (tertiary/aromatic N) is 1. The third kappa shape index (κ3) is 2.17. The molecule has 0 bridgehead atoms. The van der Waals surface area contributed by atoms with Crippen LogP contribution in [0.3, 0.4) is 0 Å². The maximum absolute atomic E-state index is 11.2. The molecule has 80 valence electrons. The van der Waals surface area contributed by atoms with Crippen LogP contribution in [0.15, 0.2) is 4.79 Å². The largest absolute Gasteiger partial charge is 0.494 e. The Hall–Kier alpha value is -1.80. The minimum atomic E-state index is -0.583. The van der Waals surface area contributed by atoms with Crippen LogP contribution in [0, 0.1) is 18.3 Å². The fraction of sp³-hybridized carbons (Fsp3) is 0.400. The fourth-order valence-electron chi connectivity index (χ4n) is 1.44. The number of aromatic nitrogens is 1. The fourth-order valence-corrected chi connectivity index (χ4v) is 1.44. The molecule has 0 atom stereocenters. The van der Waals surface area contributed by atoms with Gasteiger partial charge in [-0.25, -0.2) is 0 Å². The molecule has 0 aromatic carbocycles. The molecule has 1 rings (SSSR count). The monoisotopic (exact) mass is 208 g/mol. The van der Waals surface area contributed by atoms with Crippen molar-refractivity contribution in [3.63, 3.8) is 0 Å². The van der Waals surface area contributed by atoms with E-state index in [1.54, 1.807) is 13.0 Å². The number of nitrogens with one attached hydrogen (secondary N) is 1. The molecule has 0 spiro atoms. The van der Waals surface area contributed by atoms with E-state index in [0.717, 1.165) is 0 Å². The highest BCUT2D eigenvalue weighted by Gasteiger charge is 2.12. The molecule has 0 amide bonds. The first-order valence-electron chi connectivity index (χ1n) is 4.57. The lowest BCUT2D eigenvalue weighted by atomic mass is 10.0. The first kappa shape index (κ1) is 11.3. The highest BCUT2D eigenvalue weighted by molar-refractivity contribution is 5.44. The lowest BCUT2D eigenvalue weighted by Crippen LogP contribution is -2.14. The summed E-state index contributed by atoms with van der Waals surface area (Å²) < 4.78 is 0. The first-order chi connectivity index (χ1) is 7.11. The van der Waals surface area contributed by atoms with Gasteiger partial charge in [0.25, 0.3) is 5.56 Å². The second-order valence-electron chi connectivity index (χ2n) is 3.22. The number of H-pyrrole nitrogens is 1. The van der Waals surface area contributed by atoms with Gasteiger partial charge in [0.05, 0.1) is 0 Å². The summed E-state index contributed by atoms with van der Waals surface area (Å²) in [4.78, 5) is 13.4. The Morgan fingerprint density at radius 3 is 2.73 bits per heavy atom. The van der Waals surface area contributed by atoms with Crippen molar-refractivity contribution in [2.75, 3.05) is 6.61 Å². The summed E-state index contributed by atoms with van der Waals surface area (Å²) >= 11 is 0. The molecule has 0 radical (unpaired) electrons. The quantitative estimate of drug-likeness (QED) is 0.660. The minimum Gasteiger partial charge on any atom is -0.494 e. The van der Waals surface area contributed by atoms with Crippen LogP contribution in [0.1, 0.15) is 23.1 Å². The van der Waals surface area contributed by atoms with E-state index in [4.69, 9.17) is 10.4 Å². The summed E-state index contributed by atoms with van der Waals surface area (Å²) in [5.74, 6) is -0.218. The number of aromatic amines is 1. The molecule has 15 heavy (non-hydrogen) atoms. The number of hydrogen-bond acceptors (Lipinski definition) is 4. The zero-order valence-corrected chi connectivity index (χ0v) is 8.37. The molecule has 5 nitrogen and oxygen atoms in total.